The third-order valence-electron chi connectivity index (χ3n) is 6.01. The predicted molar refractivity (Wildman–Crippen MR) is 103 cm³/mol. The Labute approximate surface area is 168 Å². The number of hydrogen-bond acceptors (Lipinski definition) is 5. The van der Waals surface area contributed by atoms with E-state index in [9.17, 15) is 9.59 Å². The normalized spacial score (nSPS) is 21.3. The maximum Gasteiger partial charge on any atom is 0.296 e. The van der Waals surface area contributed by atoms with E-state index in [4.69, 9.17) is 0 Å². The minimum atomic E-state index is -0.255. The number of imidazole rings is 1. The molecule has 9 heteroatoms. The van der Waals surface area contributed by atoms with E-state index >= 15 is 0 Å². The molecule has 4 heterocycles. The number of fused-ring (bicyclic) bond motifs is 2. The number of rotatable bonds is 3. The van der Waals surface area contributed by atoms with E-state index in [2.05, 4.69) is 37.0 Å². The van der Waals surface area contributed by atoms with E-state index in [0.29, 0.717) is 43.4 Å². The first-order chi connectivity index (χ1) is 14.0. The second kappa shape index (κ2) is 6.44. The molecule has 0 bridgehead atoms. The zero-order valence-corrected chi connectivity index (χ0v) is 16.6. The molecule has 29 heavy (non-hydrogen) atoms. The molecule has 1 saturated heterocycles. The molecule has 2 fully saturated rings. The first kappa shape index (κ1) is 17.9. The Morgan fingerprint density at radius 3 is 2.86 bits per heavy atom. The van der Waals surface area contributed by atoms with Gasteiger partial charge in [0.2, 0.25) is 0 Å². The molecule has 1 N–H and O–H groups in total. The summed E-state index contributed by atoms with van der Waals surface area (Å²) in [7, 11) is 0. The summed E-state index contributed by atoms with van der Waals surface area (Å²) in [5, 5.41) is 11.1. The molecule has 1 aliphatic carbocycles. The monoisotopic (exact) mass is 393 g/mol. The number of carbonyl (C=O) groups excluding carboxylic acids is 2. The molecule has 2 aromatic heterocycles. The van der Waals surface area contributed by atoms with E-state index in [1.807, 2.05) is 18.0 Å². The summed E-state index contributed by atoms with van der Waals surface area (Å²) in [4.78, 5) is 31.5. The lowest BCUT2D eigenvalue weighted by atomic mass is 9.85. The van der Waals surface area contributed by atoms with Crippen molar-refractivity contribution in [2.24, 2.45) is 5.92 Å². The van der Waals surface area contributed by atoms with Crippen molar-refractivity contribution in [2.45, 2.75) is 51.2 Å². The lowest BCUT2D eigenvalue weighted by Gasteiger charge is -2.49. The van der Waals surface area contributed by atoms with Crippen molar-refractivity contribution >= 4 is 11.8 Å². The number of likely N-dealkylation sites (tertiary alicyclic amines) is 1. The molecule has 5 rings (SSSR count). The third-order valence-corrected chi connectivity index (χ3v) is 6.01. The van der Waals surface area contributed by atoms with E-state index in [-0.39, 0.29) is 23.4 Å². The average Bonchev–Trinajstić information content (AvgIpc) is 3.09. The summed E-state index contributed by atoms with van der Waals surface area (Å²) in [6.07, 6.45) is 6.57. The number of amides is 2. The maximum absolute atomic E-state index is 13.0. The van der Waals surface area contributed by atoms with E-state index in [1.54, 1.807) is 17.8 Å². The predicted octanol–water partition coefficient (Wildman–Crippen LogP) is 0.629. The Bertz CT molecular complexity index is 1050. The van der Waals surface area contributed by atoms with Crippen LogP contribution in [-0.4, -0.2) is 54.3 Å². The first-order valence-corrected chi connectivity index (χ1v) is 10.1. The highest BCUT2D eigenvalue weighted by molar-refractivity contribution is 5.94. The SMILES string of the molecule is CCn1nnc(C)c1C(=O)N1CC2(CC(NC(=O)C#CC3CC3)c3nccn32)C1. The zero-order chi connectivity index (χ0) is 20.2. The van der Waals surface area contributed by atoms with Gasteiger partial charge in [-0.2, -0.15) is 0 Å². The second-order valence-corrected chi connectivity index (χ2v) is 8.15. The molecule has 2 amide bonds. The van der Waals surface area contributed by atoms with Crippen LogP contribution in [0.3, 0.4) is 0 Å². The Hall–Kier alpha value is -3.15. The van der Waals surface area contributed by atoms with Gasteiger partial charge in [-0.05, 0) is 32.6 Å². The lowest BCUT2D eigenvalue weighted by Crippen LogP contribution is -2.63. The van der Waals surface area contributed by atoms with Crippen molar-refractivity contribution in [3.05, 3.63) is 29.6 Å². The molecule has 1 spiro atoms. The quantitative estimate of drug-likeness (QED) is 0.772. The average molecular weight is 393 g/mol. The highest BCUT2D eigenvalue weighted by Crippen LogP contribution is 2.44. The van der Waals surface area contributed by atoms with Gasteiger partial charge in [0.25, 0.3) is 11.8 Å². The van der Waals surface area contributed by atoms with Gasteiger partial charge >= 0.3 is 0 Å². The van der Waals surface area contributed by atoms with Crippen LogP contribution in [-0.2, 0) is 16.9 Å². The first-order valence-electron chi connectivity index (χ1n) is 10.1. The Balaban J connectivity index is 1.30. The van der Waals surface area contributed by atoms with E-state index < -0.39 is 0 Å². The van der Waals surface area contributed by atoms with Gasteiger partial charge < -0.3 is 14.8 Å². The summed E-state index contributed by atoms with van der Waals surface area (Å²) >= 11 is 0. The fourth-order valence-electron chi connectivity index (χ4n) is 4.37. The molecule has 2 aliphatic heterocycles. The Morgan fingerprint density at radius 2 is 2.14 bits per heavy atom. The van der Waals surface area contributed by atoms with Gasteiger partial charge in [0.05, 0.1) is 17.3 Å². The highest BCUT2D eigenvalue weighted by Gasteiger charge is 2.54. The van der Waals surface area contributed by atoms with Gasteiger partial charge in [0, 0.05) is 44.4 Å². The summed E-state index contributed by atoms with van der Waals surface area (Å²) in [6, 6.07) is -0.187. The van der Waals surface area contributed by atoms with Crippen molar-refractivity contribution in [3.8, 4) is 11.8 Å². The van der Waals surface area contributed by atoms with Gasteiger partial charge in [-0.25, -0.2) is 9.67 Å². The number of hydrogen-bond donors (Lipinski definition) is 1. The minimum Gasteiger partial charge on any atom is -0.335 e. The minimum absolute atomic E-state index is 0.0515. The molecule has 1 unspecified atom stereocenters. The molecule has 9 nitrogen and oxygen atoms in total. The fourth-order valence-corrected chi connectivity index (χ4v) is 4.37. The molecule has 0 aromatic carbocycles. The molecule has 1 saturated carbocycles. The van der Waals surface area contributed by atoms with Crippen molar-refractivity contribution in [1.29, 1.82) is 0 Å². The van der Waals surface area contributed by atoms with Crippen LogP contribution in [0, 0.1) is 24.7 Å². The standard InChI is InChI=1S/C20H23N7O2/c1-3-27-17(13(2)23-24-27)19(29)25-11-20(12-25)10-15(18-21-8-9-26(18)20)22-16(28)7-6-14-4-5-14/h8-9,14-15H,3-5,10-12H2,1-2H3,(H,22,28). The molecular formula is C20H23N7O2. The summed E-state index contributed by atoms with van der Waals surface area (Å²) in [6.45, 7) is 5.49. The van der Waals surface area contributed by atoms with Crippen molar-refractivity contribution in [3.63, 3.8) is 0 Å². The smallest absolute Gasteiger partial charge is 0.296 e. The van der Waals surface area contributed by atoms with Crippen LogP contribution in [0.4, 0.5) is 0 Å². The molecule has 2 aromatic rings. The van der Waals surface area contributed by atoms with Crippen molar-refractivity contribution < 1.29 is 9.59 Å². The van der Waals surface area contributed by atoms with Gasteiger partial charge in [-0.15, -0.1) is 5.10 Å². The highest BCUT2D eigenvalue weighted by atomic mass is 16.2. The number of carbonyl (C=O) groups is 2. The molecule has 3 aliphatic rings. The van der Waals surface area contributed by atoms with Crippen LogP contribution in [0.5, 0.6) is 0 Å². The molecule has 1 atom stereocenters. The second-order valence-electron chi connectivity index (χ2n) is 8.15. The van der Waals surface area contributed by atoms with Crippen molar-refractivity contribution in [2.75, 3.05) is 13.1 Å². The van der Waals surface area contributed by atoms with Crippen LogP contribution in [0.15, 0.2) is 12.4 Å². The number of aromatic nitrogens is 5. The Kier molecular flexibility index (Phi) is 3.98. The number of nitrogens with zero attached hydrogens (tertiary/aromatic N) is 6. The number of nitrogens with one attached hydrogen (secondary N) is 1. The van der Waals surface area contributed by atoms with Crippen LogP contribution < -0.4 is 5.32 Å². The number of aryl methyl sites for hydroxylation is 2. The molecule has 150 valence electrons. The van der Waals surface area contributed by atoms with Crippen LogP contribution in [0.25, 0.3) is 0 Å². The van der Waals surface area contributed by atoms with Gasteiger partial charge in [0.1, 0.15) is 11.5 Å². The van der Waals surface area contributed by atoms with Crippen LogP contribution in [0.1, 0.15) is 54.2 Å². The van der Waals surface area contributed by atoms with Gasteiger partial charge in [-0.3, -0.25) is 9.59 Å². The molecular weight excluding hydrogens is 370 g/mol. The van der Waals surface area contributed by atoms with Crippen LogP contribution >= 0.6 is 0 Å². The Morgan fingerprint density at radius 1 is 1.34 bits per heavy atom. The van der Waals surface area contributed by atoms with E-state index in [0.717, 1.165) is 18.7 Å². The lowest BCUT2D eigenvalue weighted by molar-refractivity contribution is -0.116. The fraction of sp³-hybridized carbons (Fsp3) is 0.550. The summed E-state index contributed by atoms with van der Waals surface area (Å²) in [5.41, 5.74) is 0.959. The molecule has 0 radical (unpaired) electrons. The van der Waals surface area contributed by atoms with Crippen LogP contribution in [0.2, 0.25) is 0 Å². The summed E-state index contributed by atoms with van der Waals surface area (Å²) in [5.74, 6) is 6.61. The largest absolute Gasteiger partial charge is 0.335 e. The maximum atomic E-state index is 13.0. The third kappa shape index (κ3) is 2.90. The van der Waals surface area contributed by atoms with Crippen molar-refractivity contribution in [1.82, 2.24) is 34.8 Å². The van der Waals surface area contributed by atoms with E-state index in [1.165, 1.54) is 0 Å². The topological polar surface area (TPSA) is 97.9 Å². The summed E-state index contributed by atoms with van der Waals surface area (Å²) < 4.78 is 3.75. The zero-order valence-electron chi connectivity index (χ0n) is 16.6. The van der Waals surface area contributed by atoms with Gasteiger partial charge in [0.15, 0.2) is 0 Å². The van der Waals surface area contributed by atoms with Gasteiger partial charge in [-0.1, -0.05) is 11.1 Å².